The Morgan fingerprint density at radius 1 is 1.38 bits per heavy atom. The molecule has 0 atom stereocenters. The second-order valence-corrected chi connectivity index (χ2v) is 2.72. The maximum absolute atomic E-state index is 5.39. The first kappa shape index (κ1) is 15.2. The Labute approximate surface area is 91.8 Å². The van der Waals surface area contributed by atoms with E-state index in [0.29, 0.717) is 0 Å². The average molecular weight is 223 g/mol. The van der Waals surface area contributed by atoms with Crippen LogP contribution < -0.4 is 5.73 Å². The molecule has 1 aromatic rings. The first-order chi connectivity index (χ1) is 5.33. The van der Waals surface area contributed by atoms with E-state index in [9.17, 15) is 0 Å². The van der Waals surface area contributed by atoms with E-state index in [4.69, 9.17) is 5.73 Å². The van der Waals surface area contributed by atoms with Crippen LogP contribution in [0.2, 0.25) is 0 Å². The summed E-state index contributed by atoms with van der Waals surface area (Å²) < 4.78 is 0. The molecule has 13 heavy (non-hydrogen) atoms. The van der Waals surface area contributed by atoms with Gasteiger partial charge in [0.15, 0.2) is 0 Å². The van der Waals surface area contributed by atoms with Gasteiger partial charge >= 0.3 is 0 Å². The van der Waals surface area contributed by atoms with Gasteiger partial charge in [-0.2, -0.15) is 0 Å². The van der Waals surface area contributed by atoms with Gasteiger partial charge in [-0.25, -0.2) is 0 Å². The van der Waals surface area contributed by atoms with Crippen LogP contribution in [-0.4, -0.2) is 11.5 Å². The highest BCUT2D eigenvalue weighted by molar-refractivity contribution is 5.85. The molecule has 2 nitrogen and oxygen atoms in total. The fraction of sp³-hybridized carbons (Fsp3) is 0.444. The van der Waals surface area contributed by atoms with Crippen LogP contribution in [0.4, 0.5) is 0 Å². The summed E-state index contributed by atoms with van der Waals surface area (Å²) in [7, 11) is 0. The van der Waals surface area contributed by atoms with E-state index >= 15 is 0 Å². The Hall–Kier alpha value is -0.310. The molecule has 1 aromatic heterocycles. The molecule has 0 amide bonds. The Balaban J connectivity index is 0. The first-order valence-electron chi connectivity index (χ1n) is 3.94. The number of nitrogens with zero attached hydrogens (tertiary/aromatic N) is 1. The van der Waals surface area contributed by atoms with E-state index < -0.39 is 0 Å². The standard InChI is InChI=1S/C9H14N2.2ClH/c1-8-4-6-11-9(7-8)3-2-5-10;;/h4,6-7H,2-3,5,10H2,1H3;2*1H. The fourth-order valence-electron chi connectivity index (χ4n) is 1.02. The Morgan fingerprint density at radius 3 is 2.62 bits per heavy atom. The number of nitrogens with two attached hydrogens (primary N) is 1. The van der Waals surface area contributed by atoms with Gasteiger partial charge in [0.05, 0.1) is 0 Å². The van der Waals surface area contributed by atoms with Crippen molar-refractivity contribution in [1.29, 1.82) is 0 Å². The van der Waals surface area contributed by atoms with Crippen molar-refractivity contribution in [2.24, 2.45) is 5.73 Å². The molecule has 0 aliphatic carbocycles. The summed E-state index contributed by atoms with van der Waals surface area (Å²) in [6, 6.07) is 4.11. The third-order valence-electron chi connectivity index (χ3n) is 1.61. The monoisotopic (exact) mass is 222 g/mol. The lowest BCUT2D eigenvalue weighted by Crippen LogP contribution is -2.01. The highest BCUT2D eigenvalue weighted by atomic mass is 35.5. The zero-order valence-corrected chi connectivity index (χ0v) is 9.33. The predicted molar refractivity (Wildman–Crippen MR) is 60.8 cm³/mol. The molecule has 0 aliphatic heterocycles. The molecule has 2 N–H and O–H groups in total. The Kier molecular flexibility index (Phi) is 9.68. The van der Waals surface area contributed by atoms with Crippen molar-refractivity contribution in [3.8, 4) is 0 Å². The number of hydrogen-bond acceptors (Lipinski definition) is 2. The molecule has 76 valence electrons. The topological polar surface area (TPSA) is 38.9 Å². The fourth-order valence-corrected chi connectivity index (χ4v) is 1.02. The summed E-state index contributed by atoms with van der Waals surface area (Å²) >= 11 is 0. The molecule has 4 heteroatoms. The van der Waals surface area contributed by atoms with Gasteiger partial charge in [-0.05, 0) is 44.0 Å². The third kappa shape index (κ3) is 5.86. The minimum absolute atomic E-state index is 0. The van der Waals surface area contributed by atoms with Gasteiger partial charge in [0.25, 0.3) is 0 Å². The summed E-state index contributed by atoms with van der Waals surface area (Å²) in [5.74, 6) is 0. The average Bonchev–Trinajstić information content (AvgIpc) is 2.01. The lowest BCUT2D eigenvalue weighted by Gasteiger charge is -1.98. The molecular formula is C9H16Cl2N2. The summed E-state index contributed by atoms with van der Waals surface area (Å²) in [4.78, 5) is 4.22. The summed E-state index contributed by atoms with van der Waals surface area (Å²) in [6.07, 6.45) is 3.87. The lowest BCUT2D eigenvalue weighted by molar-refractivity contribution is 0.809. The summed E-state index contributed by atoms with van der Waals surface area (Å²) in [5, 5.41) is 0. The Bertz CT molecular complexity index is 229. The van der Waals surface area contributed by atoms with Crippen LogP contribution >= 0.6 is 24.8 Å². The van der Waals surface area contributed by atoms with Crippen molar-refractivity contribution >= 4 is 24.8 Å². The third-order valence-corrected chi connectivity index (χ3v) is 1.61. The molecule has 0 fully saturated rings. The molecular weight excluding hydrogens is 207 g/mol. The highest BCUT2D eigenvalue weighted by Crippen LogP contribution is 2.01. The number of pyridine rings is 1. The van der Waals surface area contributed by atoms with E-state index in [-0.39, 0.29) is 24.8 Å². The smallest absolute Gasteiger partial charge is 0.0406 e. The molecule has 0 saturated heterocycles. The molecule has 1 rings (SSSR count). The van der Waals surface area contributed by atoms with Gasteiger partial charge in [-0.3, -0.25) is 4.98 Å². The van der Waals surface area contributed by atoms with Gasteiger partial charge in [0.1, 0.15) is 0 Å². The maximum Gasteiger partial charge on any atom is 0.0406 e. The maximum atomic E-state index is 5.39. The van der Waals surface area contributed by atoms with Gasteiger partial charge in [-0.1, -0.05) is 0 Å². The van der Waals surface area contributed by atoms with Crippen molar-refractivity contribution in [3.05, 3.63) is 29.6 Å². The minimum atomic E-state index is 0. The van der Waals surface area contributed by atoms with Crippen molar-refractivity contribution in [3.63, 3.8) is 0 Å². The van der Waals surface area contributed by atoms with Crippen molar-refractivity contribution in [2.75, 3.05) is 6.54 Å². The van der Waals surface area contributed by atoms with Crippen LogP contribution in [-0.2, 0) is 6.42 Å². The number of hydrogen-bond donors (Lipinski definition) is 1. The van der Waals surface area contributed by atoms with Crippen LogP contribution in [0.25, 0.3) is 0 Å². The van der Waals surface area contributed by atoms with Gasteiger partial charge in [0, 0.05) is 11.9 Å². The Morgan fingerprint density at radius 2 is 2.08 bits per heavy atom. The second-order valence-electron chi connectivity index (χ2n) is 2.72. The molecule has 0 spiro atoms. The molecule has 0 unspecified atom stereocenters. The number of aromatic nitrogens is 1. The lowest BCUT2D eigenvalue weighted by atomic mass is 10.2. The molecule has 1 heterocycles. The number of rotatable bonds is 3. The predicted octanol–water partition coefficient (Wildman–Crippen LogP) is 2.12. The molecule has 0 saturated carbocycles. The van der Waals surface area contributed by atoms with E-state index in [0.717, 1.165) is 25.1 Å². The van der Waals surface area contributed by atoms with Crippen LogP contribution in [0, 0.1) is 6.92 Å². The zero-order chi connectivity index (χ0) is 8.10. The van der Waals surface area contributed by atoms with Crippen LogP contribution in [0.3, 0.4) is 0 Å². The SMILES string of the molecule is Cc1ccnc(CCCN)c1.Cl.Cl. The quantitative estimate of drug-likeness (QED) is 0.852. The van der Waals surface area contributed by atoms with Crippen LogP contribution in [0.5, 0.6) is 0 Å². The zero-order valence-electron chi connectivity index (χ0n) is 7.69. The van der Waals surface area contributed by atoms with Crippen molar-refractivity contribution < 1.29 is 0 Å². The summed E-state index contributed by atoms with van der Waals surface area (Å²) in [5.41, 5.74) is 7.81. The van der Waals surface area contributed by atoms with Crippen molar-refractivity contribution in [2.45, 2.75) is 19.8 Å². The van der Waals surface area contributed by atoms with E-state index in [2.05, 4.69) is 18.0 Å². The number of halogens is 2. The van der Waals surface area contributed by atoms with Gasteiger partial charge in [-0.15, -0.1) is 24.8 Å². The second kappa shape index (κ2) is 8.30. The van der Waals surface area contributed by atoms with E-state index in [1.807, 2.05) is 12.3 Å². The van der Waals surface area contributed by atoms with Gasteiger partial charge < -0.3 is 5.73 Å². The first-order valence-corrected chi connectivity index (χ1v) is 3.94. The molecule has 0 bridgehead atoms. The van der Waals surface area contributed by atoms with Crippen LogP contribution in [0.1, 0.15) is 17.7 Å². The van der Waals surface area contributed by atoms with Gasteiger partial charge in [0.2, 0.25) is 0 Å². The largest absolute Gasteiger partial charge is 0.330 e. The number of aryl methyl sites for hydroxylation is 2. The van der Waals surface area contributed by atoms with E-state index in [1.54, 1.807) is 0 Å². The van der Waals surface area contributed by atoms with E-state index in [1.165, 1.54) is 5.56 Å². The summed E-state index contributed by atoms with van der Waals surface area (Å²) in [6.45, 7) is 2.82. The highest BCUT2D eigenvalue weighted by Gasteiger charge is 1.92. The normalized spacial score (nSPS) is 8.46. The van der Waals surface area contributed by atoms with Crippen LogP contribution in [0.15, 0.2) is 18.3 Å². The molecule has 0 aromatic carbocycles. The molecule has 0 radical (unpaired) electrons. The molecule has 0 aliphatic rings. The van der Waals surface area contributed by atoms with Crippen molar-refractivity contribution in [1.82, 2.24) is 4.98 Å². The minimum Gasteiger partial charge on any atom is -0.330 e.